The normalized spacial score (nSPS) is 14.3. The van der Waals surface area contributed by atoms with E-state index in [-0.39, 0.29) is 24.1 Å². The molecule has 0 saturated carbocycles. The molecule has 7 rings (SSSR count). The molecule has 4 N–H and O–H groups in total. The highest BCUT2D eigenvalue weighted by Crippen LogP contribution is 2.35. The molecule has 0 unspecified atom stereocenters. The second kappa shape index (κ2) is 9.83. The largest absolute Gasteiger partial charge is 0.439 e. The number of carbonyl (C=O) groups excluding carboxylic acids is 1. The highest BCUT2D eigenvalue weighted by atomic mass is 16.5. The molecule has 43 heavy (non-hydrogen) atoms. The molecular formula is C28H23N9O6. The van der Waals surface area contributed by atoms with E-state index in [1.54, 1.807) is 25.2 Å². The van der Waals surface area contributed by atoms with Crippen LogP contribution in [0.25, 0.3) is 34.0 Å². The standard InChI is InChI=1S/C28H23N9O6/c1-13(30-18-7-5-15-10-16(4-6-17(15)18)23-32-27(40)43-35-23)20-11-19(31-25-33-26(39)34-37(20)25)24(38)29-12-14-3-8-22-21(9-14)36(2)28(41)42-22/h3-4,6,8-11,18,30H,1,5,7,12H2,2H3,(H,29,38)(H,34,39)(H,32,35,40)/t18-/m0/s1. The number of fused-ring (bicyclic) bond motifs is 3. The van der Waals surface area contributed by atoms with Gasteiger partial charge in [0.05, 0.1) is 22.9 Å². The van der Waals surface area contributed by atoms with Crippen molar-refractivity contribution >= 4 is 28.5 Å². The fourth-order valence-corrected chi connectivity index (χ4v) is 5.34. The number of carbonyl (C=O) groups is 1. The van der Waals surface area contributed by atoms with Crippen molar-refractivity contribution in [2.24, 2.45) is 7.05 Å². The van der Waals surface area contributed by atoms with Gasteiger partial charge in [0.2, 0.25) is 0 Å². The monoisotopic (exact) mass is 581 g/mol. The van der Waals surface area contributed by atoms with E-state index < -0.39 is 23.1 Å². The van der Waals surface area contributed by atoms with Crippen molar-refractivity contribution in [1.29, 1.82) is 0 Å². The van der Waals surface area contributed by atoms with Gasteiger partial charge in [0.25, 0.3) is 11.7 Å². The minimum atomic E-state index is -0.622. The van der Waals surface area contributed by atoms with Crippen molar-refractivity contribution in [1.82, 2.24) is 44.9 Å². The van der Waals surface area contributed by atoms with Crippen LogP contribution >= 0.6 is 0 Å². The first-order valence-corrected chi connectivity index (χ1v) is 13.2. The zero-order chi connectivity index (χ0) is 29.8. The summed E-state index contributed by atoms with van der Waals surface area (Å²) >= 11 is 0. The number of nitrogens with one attached hydrogen (secondary N) is 4. The van der Waals surface area contributed by atoms with Crippen LogP contribution < -0.4 is 27.8 Å². The molecule has 15 heteroatoms. The third-order valence-corrected chi connectivity index (χ3v) is 7.48. The number of hydrogen-bond donors (Lipinski definition) is 4. The summed E-state index contributed by atoms with van der Waals surface area (Å²) in [5, 5.41) is 12.6. The summed E-state index contributed by atoms with van der Waals surface area (Å²) < 4.78 is 12.5. The van der Waals surface area contributed by atoms with E-state index in [1.807, 2.05) is 18.2 Å². The van der Waals surface area contributed by atoms with E-state index in [0.717, 1.165) is 35.1 Å². The van der Waals surface area contributed by atoms with Crippen molar-refractivity contribution in [2.45, 2.75) is 25.4 Å². The number of hydrogen-bond acceptors (Lipinski definition) is 10. The third-order valence-electron chi connectivity index (χ3n) is 7.48. The number of rotatable bonds is 7. The average Bonchev–Trinajstić information content (AvgIpc) is 3.77. The van der Waals surface area contributed by atoms with Crippen LogP contribution in [-0.2, 0) is 20.0 Å². The quantitative estimate of drug-likeness (QED) is 0.214. The number of H-pyrrole nitrogens is 2. The van der Waals surface area contributed by atoms with Crippen LogP contribution in [0.3, 0.4) is 0 Å². The molecule has 1 aliphatic rings. The van der Waals surface area contributed by atoms with E-state index >= 15 is 0 Å². The lowest BCUT2D eigenvalue weighted by atomic mass is 10.0. The first kappa shape index (κ1) is 25.9. The van der Waals surface area contributed by atoms with Gasteiger partial charge in [-0.25, -0.2) is 29.0 Å². The fraction of sp³-hybridized carbons (Fsp3) is 0.179. The van der Waals surface area contributed by atoms with Crippen LogP contribution in [0.15, 0.2) is 72.4 Å². The molecule has 4 aromatic heterocycles. The van der Waals surface area contributed by atoms with Gasteiger partial charge in [0.15, 0.2) is 11.4 Å². The fourth-order valence-electron chi connectivity index (χ4n) is 5.34. The zero-order valence-corrected chi connectivity index (χ0v) is 22.6. The van der Waals surface area contributed by atoms with E-state index in [4.69, 9.17) is 4.42 Å². The minimum absolute atomic E-state index is 0.0171. The topological polar surface area (TPSA) is 198 Å². The van der Waals surface area contributed by atoms with Crippen molar-refractivity contribution in [3.05, 3.63) is 109 Å². The molecule has 0 aliphatic heterocycles. The number of nitrogens with zero attached hydrogens (tertiary/aromatic N) is 5. The Morgan fingerprint density at radius 1 is 1.14 bits per heavy atom. The van der Waals surface area contributed by atoms with Crippen LogP contribution in [-0.4, -0.2) is 40.2 Å². The van der Waals surface area contributed by atoms with Gasteiger partial charge < -0.3 is 15.1 Å². The molecule has 2 aromatic carbocycles. The Bertz CT molecular complexity index is 2260. The SMILES string of the molecule is C=C(N[C@H]1CCc2cc(-c3noc(=O)[nH]3)ccc21)c1cc(C(=O)NCc2ccc3oc(=O)n(C)c3c2)nc2nc(=O)[nH]n12. The number of amides is 1. The summed E-state index contributed by atoms with van der Waals surface area (Å²) in [7, 11) is 1.60. The van der Waals surface area contributed by atoms with Gasteiger partial charge in [-0.3, -0.25) is 18.9 Å². The second-order valence-electron chi connectivity index (χ2n) is 10.2. The van der Waals surface area contributed by atoms with E-state index in [0.29, 0.717) is 28.3 Å². The highest BCUT2D eigenvalue weighted by Gasteiger charge is 2.25. The Hall–Kier alpha value is -5.99. The lowest BCUT2D eigenvalue weighted by molar-refractivity contribution is 0.0946. The molecule has 1 atom stereocenters. The van der Waals surface area contributed by atoms with Gasteiger partial charge in [0.1, 0.15) is 5.69 Å². The molecular weight excluding hydrogens is 558 g/mol. The molecule has 1 amide bonds. The number of benzene rings is 2. The molecule has 0 radical (unpaired) electrons. The van der Waals surface area contributed by atoms with Gasteiger partial charge >= 0.3 is 17.2 Å². The zero-order valence-electron chi connectivity index (χ0n) is 22.6. The van der Waals surface area contributed by atoms with Crippen molar-refractivity contribution in [3.63, 3.8) is 0 Å². The second-order valence-corrected chi connectivity index (χ2v) is 10.2. The maximum absolute atomic E-state index is 13.2. The van der Waals surface area contributed by atoms with Gasteiger partial charge in [-0.1, -0.05) is 29.9 Å². The first-order chi connectivity index (χ1) is 20.7. The van der Waals surface area contributed by atoms with Crippen LogP contribution in [0.2, 0.25) is 0 Å². The summed E-state index contributed by atoms with van der Waals surface area (Å²) in [5.74, 6) is -1.21. The van der Waals surface area contributed by atoms with E-state index in [2.05, 4.69) is 46.9 Å². The van der Waals surface area contributed by atoms with E-state index in [9.17, 15) is 19.2 Å². The van der Waals surface area contributed by atoms with Gasteiger partial charge in [-0.2, -0.15) is 4.98 Å². The molecule has 6 aromatic rings. The predicted molar refractivity (Wildman–Crippen MR) is 152 cm³/mol. The summed E-state index contributed by atoms with van der Waals surface area (Å²) in [6.45, 7) is 4.34. The highest BCUT2D eigenvalue weighted by molar-refractivity contribution is 5.93. The molecule has 0 saturated heterocycles. The number of aromatic nitrogens is 7. The Morgan fingerprint density at radius 2 is 2.00 bits per heavy atom. The van der Waals surface area contributed by atoms with Crippen LogP contribution in [0.5, 0.6) is 0 Å². The maximum Gasteiger partial charge on any atom is 0.439 e. The molecule has 1 aliphatic carbocycles. The summed E-state index contributed by atoms with van der Waals surface area (Å²) in [4.78, 5) is 59.1. The Labute approximate surface area is 239 Å². The van der Waals surface area contributed by atoms with Crippen LogP contribution in [0.4, 0.5) is 0 Å². The molecule has 0 spiro atoms. The predicted octanol–water partition coefficient (Wildman–Crippen LogP) is 1.38. The Kier molecular flexibility index (Phi) is 5.93. The summed E-state index contributed by atoms with van der Waals surface area (Å²) in [6, 6.07) is 12.4. The van der Waals surface area contributed by atoms with Crippen LogP contribution in [0, 0.1) is 0 Å². The van der Waals surface area contributed by atoms with Gasteiger partial charge in [-0.15, -0.1) is 0 Å². The minimum Gasteiger partial charge on any atom is -0.408 e. The first-order valence-electron chi connectivity index (χ1n) is 13.2. The summed E-state index contributed by atoms with van der Waals surface area (Å²) in [6.07, 6.45) is 1.54. The molecule has 0 bridgehead atoms. The lowest BCUT2D eigenvalue weighted by Crippen LogP contribution is -2.25. The lowest BCUT2D eigenvalue weighted by Gasteiger charge is -2.19. The molecule has 216 valence electrons. The number of oxazole rings is 1. The van der Waals surface area contributed by atoms with E-state index in [1.165, 1.54) is 15.1 Å². The van der Waals surface area contributed by atoms with Crippen LogP contribution in [0.1, 0.15) is 45.3 Å². The maximum atomic E-state index is 13.2. The smallest absolute Gasteiger partial charge is 0.408 e. The third kappa shape index (κ3) is 4.61. The number of aromatic amines is 2. The van der Waals surface area contributed by atoms with Crippen molar-refractivity contribution in [3.8, 4) is 11.4 Å². The molecule has 15 nitrogen and oxygen atoms in total. The average molecular weight is 582 g/mol. The summed E-state index contributed by atoms with van der Waals surface area (Å²) in [5.41, 5.74) is 4.94. The van der Waals surface area contributed by atoms with Crippen molar-refractivity contribution in [2.75, 3.05) is 0 Å². The Morgan fingerprint density at radius 3 is 2.81 bits per heavy atom. The van der Waals surface area contributed by atoms with Gasteiger partial charge in [0, 0.05) is 19.2 Å². The Balaban J connectivity index is 1.12. The molecule has 0 fully saturated rings. The molecule has 4 heterocycles. The van der Waals surface area contributed by atoms with Gasteiger partial charge in [-0.05, 0) is 53.8 Å². The number of aryl methyl sites for hydroxylation is 2. The van der Waals surface area contributed by atoms with Crippen molar-refractivity contribution < 1.29 is 13.7 Å².